The number of fused-ring (bicyclic) bond motifs is 1. The topological polar surface area (TPSA) is 63.6 Å². The van der Waals surface area contributed by atoms with Gasteiger partial charge in [0.15, 0.2) is 22.1 Å². The second kappa shape index (κ2) is 7.20. The Balaban J connectivity index is 2.10. The largest absolute Gasteiger partial charge is 0.405 e. The summed E-state index contributed by atoms with van der Waals surface area (Å²) in [7, 11) is 0. The summed E-state index contributed by atoms with van der Waals surface area (Å²) >= 11 is 6.93. The molecule has 0 saturated carbocycles. The van der Waals surface area contributed by atoms with Gasteiger partial charge in [-0.1, -0.05) is 23.4 Å². The molecule has 0 saturated heterocycles. The van der Waals surface area contributed by atoms with Gasteiger partial charge in [-0.2, -0.15) is 13.2 Å². The summed E-state index contributed by atoms with van der Waals surface area (Å²) in [5.74, 6) is -0.677. The molecular formula is C15H10ClF4N5S. The molecule has 26 heavy (non-hydrogen) atoms. The van der Waals surface area contributed by atoms with Gasteiger partial charge in [-0.25, -0.2) is 24.3 Å². The van der Waals surface area contributed by atoms with Crippen molar-refractivity contribution in [3.63, 3.8) is 0 Å². The summed E-state index contributed by atoms with van der Waals surface area (Å²) < 4.78 is 51.0. The zero-order valence-electron chi connectivity index (χ0n) is 13.1. The molecule has 0 bridgehead atoms. The van der Waals surface area contributed by atoms with Gasteiger partial charge in [-0.05, 0) is 24.5 Å². The first-order valence-corrected chi connectivity index (χ1v) is 8.72. The Morgan fingerprint density at radius 1 is 1.19 bits per heavy atom. The third-order valence-corrected chi connectivity index (χ3v) is 4.08. The van der Waals surface area contributed by atoms with E-state index in [4.69, 9.17) is 11.6 Å². The van der Waals surface area contributed by atoms with Crippen LogP contribution in [0.2, 0.25) is 5.02 Å². The van der Waals surface area contributed by atoms with Crippen molar-refractivity contribution >= 4 is 40.3 Å². The molecule has 1 N–H and O–H groups in total. The van der Waals surface area contributed by atoms with Crippen molar-refractivity contribution in [1.29, 1.82) is 0 Å². The lowest BCUT2D eigenvalue weighted by Crippen LogP contribution is -2.22. The maximum absolute atomic E-state index is 13.3. The molecule has 0 aliphatic heterocycles. The van der Waals surface area contributed by atoms with Crippen LogP contribution in [0.3, 0.4) is 0 Å². The predicted molar refractivity (Wildman–Crippen MR) is 91.9 cm³/mol. The maximum Gasteiger partial charge on any atom is 0.405 e. The zero-order valence-corrected chi connectivity index (χ0v) is 14.7. The third-order valence-electron chi connectivity index (χ3n) is 3.24. The Hall–Kier alpha value is -2.20. The van der Waals surface area contributed by atoms with Crippen molar-refractivity contribution < 1.29 is 17.6 Å². The Kier molecular flexibility index (Phi) is 5.15. The first-order valence-electron chi connectivity index (χ1n) is 7.11. The van der Waals surface area contributed by atoms with E-state index in [0.29, 0.717) is 11.3 Å². The van der Waals surface area contributed by atoms with Crippen LogP contribution in [0.15, 0.2) is 29.6 Å². The minimum absolute atomic E-state index is 0.0741. The quantitative estimate of drug-likeness (QED) is 0.391. The molecule has 0 aliphatic rings. The summed E-state index contributed by atoms with van der Waals surface area (Å²) in [5.41, 5.74) is 0.979. The molecule has 0 aliphatic carbocycles. The van der Waals surface area contributed by atoms with Crippen LogP contribution in [0.1, 0.15) is 0 Å². The molecule has 2 aromatic heterocycles. The molecule has 1 aromatic carbocycles. The summed E-state index contributed by atoms with van der Waals surface area (Å²) in [4.78, 5) is 16.6. The number of benzene rings is 1. The molecule has 0 radical (unpaired) electrons. The molecule has 3 aromatic rings. The van der Waals surface area contributed by atoms with Gasteiger partial charge in [0, 0.05) is 5.56 Å². The lowest BCUT2D eigenvalue weighted by molar-refractivity contribution is -0.115. The molecule has 0 unspecified atom stereocenters. The molecule has 0 atom stereocenters. The number of halogens is 5. The van der Waals surface area contributed by atoms with Crippen LogP contribution in [-0.2, 0) is 0 Å². The van der Waals surface area contributed by atoms with E-state index in [1.807, 2.05) is 0 Å². The van der Waals surface area contributed by atoms with Gasteiger partial charge < -0.3 is 5.32 Å². The summed E-state index contributed by atoms with van der Waals surface area (Å²) in [6.45, 7) is -1.28. The Labute approximate surface area is 154 Å². The van der Waals surface area contributed by atoms with Crippen LogP contribution in [0.25, 0.3) is 22.4 Å². The van der Waals surface area contributed by atoms with Gasteiger partial charge in [0.05, 0.1) is 16.9 Å². The molecule has 0 spiro atoms. The normalized spacial score (nSPS) is 11.8. The van der Waals surface area contributed by atoms with Crippen LogP contribution >= 0.6 is 23.4 Å². The Morgan fingerprint density at radius 3 is 2.62 bits per heavy atom. The maximum atomic E-state index is 13.3. The highest BCUT2D eigenvalue weighted by Crippen LogP contribution is 2.27. The highest BCUT2D eigenvalue weighted by molar-refractivity contribution is 7.98. The molecule has 136 valence electrons. The summed E-state index contributed by atoms with van der Waals surface area (Å²) in [5, 5.41) is 2.38. The standard InChI is InChI=1S/C15H10ClF4N5S/c1-26-14-24-12-11(13(25-14)22-6-15(18,19)20)23-10(5-21-12)7-2-3-9(17)8(16)4-7/h2-5H,6H2,1H3,(H,21,22,24,25). The predicted octanol–water partition coefficient (Wildman–Crippen LogP) is 4.58. The molecule has 3 rings (SSSR count). The first kappa shape index (κ1) is 18.6. The van der Waals surface area contributed by atoms with Crippen LogP contribution in [-0.4, -0.2) is 38.9 Å². The third kappa shape index (κ3) is 4.13. The zero-order chi connectivity index (χ0) is 18.9. The smallest absolute Gasteiger partial charge is 0.359 e. The van der Waals surface area contributed by atoms with E-state index in [1.165, 1.54) is 24.4 Å². The van der Waals surface area contributed by atoms with Gasteiger partial charge in [-0.3, -0.25) is 0 Å². The first-order chi connectivity index (χ1) is 12.3. The van der Waals surface area contributed by atoms with Crippen LogP contribution in [0.4, 0.5) is 23.4 Å². The van der Waals surface area contributed by atoms with Gasteiger partial charge in [0.2, 0.25) is 0 Å². The fraction of sp³-hybridized carbons (Fsp3) is 0.200. The number of nitrogens with one attached hydrogen (secondary N) is 1. The monoisotopic (exact) mass is 403 g/mol. The van der Waals surface area contributed by atoms with Crippen molar-refractivity contribution in [3.05, 3.63) is 35.2 Å². The number of hydrogen-bond acceptors (Lipinski definition) is 6. The summed E-state index contributed by atoms with van der Waals surface area (Å²) in [6.07, 6.45) is -1.35. The number of nitrogens with zero attached hydrogens (tertiary/aromatic N) is 4. The molecule has 2 heterocycles. The van der Waals surface area contributed by atoms with E-state index >= 15 is 0 Å². The van der Waals surface area contributed by atoms with E-state index in [9.17, 15) is 17.6 Å². The number of thioether (sulfide) groups is 1. The number of hydrogen-bond donors (Lipinski definition) is 1. The van der Waals surface area contributed by atoms with E-state index in [-0.39, 0.29) is 27.2 Å². The van der Waals surface area contributed by atoms with Crippen molar-refractivity contribution in [1.82, 2.24) is 19.9 Å². The lowest BCUT2D eigenvalue weighted by Gasteiger charge is -2.12. The van der Waals surface area contributed by atoms with Crippen molar-refractivity contribution in [3.8, 4) is 11.3 Å². The fourth-order valence-electron chi connectivity index (χ4n) is 2.08. The second-order valence-electron chi connectivity index (χ2n) is 5.08. The van der Waals surface area contributed by atoms with Gasteiger partial charge in [-0.15, -0.1) is 0 Å². The molecule has 0 amide bonds. The van der Waals surface area contributed by atoms with E-state index < -0.39 is 18.5 Å². The SMILES string of the molecule is CSc1nc(NCC(F)(F)F)c2nc(-c3ccc(F)c(Cl)c3)cnc2n1. The minimum Gasteiger partial charge on any atom is -0.359 e. The van der Waals surface area contributed by atoms with Crippen LogP contribution in [0, 0.1) is 5.82 Å². The number of aromatic nitrogens is 4. The second-order valence-corrected chi connectivity index (χ2v) is 6.26. The average Bonchev–Trinajstić information content (AvgIpc) is 2.60. The van der Waals surface area contributed by atoms with Crippen molar-refractivity contribution in [2.24, 2.45) is 0 Å². The highest BCUT2D eigenvalue weighted by atomic mass is 35.5. The fourth-order valence-corrected chi connectivity index (χ4v) is 2.62. The van der Waals surface area contributed by atoms with Gasteiger partial charge in [0.1, 0.15) is 12.4 Å². The number of anilines is 1. The molecule has 0 fully saturated rings. The number of alkyl halides is 3. The molecule has 5 nitrogen and oxygen atoms in total. The molecular weight excluding hydrogens is 394 g/mol. The van der Waals surface area contributed by atoms with Gasteiger partial charge >= 0.3 is 6.18 Å². The Bertz CT molecular complexity index is 967. The Morgan fingerprint density at radius 2 is 1.96 bits per heavy atom. The minimum atomic E-state index is -4.42. The van der Waals surface area contributed by atoms with E-state index in [2.05, 4.69) is 25.3 Å². The van der Waals surface area contributed by atoms with Crippen molar-refractivity contribution in [2.45, 2.75) is 11.3 Å². The highest BCUT2D eigenvalue weighted by Gasteiger charge is 2.27. The van der Waals surface area contributed by atoms with Gasteiger partial charge in [0.25, 0.3) is 0 Å². The van der Waals surface area contributed by atoms with E-state index in [1.54, 1.807) is 6.26 Å². The van der Waals surface area contributed by atoms with Crippen molar-refractivity contribution in [2.75, 3.05) is 18.1 Å². The van der Waals surface area contributed by atoms with E-state index in [0.717, 1.165) is 11.8 Å². The summed E-state index contributed by atoms with van der Waals surface area (Å²) in [6, 6.07) is 3.96. The molecule has 11 heteroatoms. The lowest BCUT2D eigenvalue weighted by atomic mass is 10.1. The van der Waals surface area contributed by atoms with Crippen LogP contribution in [0.5, 0.6) is 0 Å². The number of rotatable bonds is 4. The van der Waals surface area contributed by atoms with Crippen LogP contribution < -0.4 is 5.32 Å². The average molecular weight is 404 g/mol.